The highest BCUT2D eigenvalue weighted by Gasteiger charge is 2.24. The van der Waals surface area contributed by atoms with E-state index >= 15 is 0 Å². The van der Waals surface area contributed by atoms with Gasteiger partial charge in [0.15, 0.2) is 17.5 Å². The smallest absolute Gasteiger partial charge is 0.325 e. The quantitative estimate of drug-likeness (QED) is 0.567. The van der Waals surface area contributed by atoms with Crippen molar-refractivity contribution in [2.45, 2.75) is 4.90 Å². The van der Waals surface area contributed by atoms with Crippen LogP contribution in [0, 0.1) is 17.5 Å². The minimum atomic E-state index is -4.53. The number of sulfonamides is 1. The van der Waals surface area contributed by atoms with Crippen molar-refractivity contribution in [2.75, 3.05) is 18.4 Å². The van der Waals surface area contributed by atoms with Crippen molar-refractivity contribution in [3.8, 4) is 0 Å². The summed E-state index contributed by atoms with van der Waals surface area (Å²) in [5.41, 5.74) is 0.0597. The average Bonchev–Trinajstić information content (AvgIpc) is 2.63. The molecule has 0 aromatic heterocycles. The molecule has 2 aromatic carbocycles. The zero-order valence-electron chi connectivity index (χ0n) is 13.8. The molecule has 0 saturated heterocycles. The van der Waals surface area contributed by atoms with Crippen LogP contribution in [0.15, 0.2) is 41.3 Å². The van der Waals surface area contributed by atoms with Crippen LogP contribution >= 0.6 is 0 Å². The third kappa shape index (κ3) is 4.76. The Kier molecular flexibility index (Phi) is 6.05. The molecular weight excluding hydrogens is 389 g/mol. The van der Waals surface area contributed by atoms with Crippen LogP contribution < -0.4 is 10.0 Å². The monoisotopic (exact) mass is 402 g/mol. The van der Waals surface area contributed by atoms with Gasteiger partial charge >= 0.3 is 5.97 Å². The van der Waals surface area contributed by atoms with Gasteiger partial charge in [0.1, 0.15) is 11.4 Å². The number of amides is 1. The molecule has 0 fully saturated rings. The fraction of sp³-hybridized carbons (Fsp3) is 0.125. The van der Waals surface area contributed by atoms with Crippen LogP contribution in [0.5, 0.6) is 0 Å². The van der Waals surface area contributed by atoms with Gasteiger partial charge in [0, 0.05) is 11.3 Å². The lowest BCUT2D eigenvalue weighted by Gasteiger charge is -2.10. The van der Waals surface area contributed by atoms with Crippen LogP contribution in [0.4, 0.5) is 18.9 Å². The summed E-state index contributed by atoms with van der Waals surface area (Å²) in [4.78, 5) is 21.7. The second kappa shape index (κ2) is 8.08. The SMILES string of the molecule is COC(=O)CNC(=O)c1ccc(NS(=O)(=O)c2ccc(F)c(F)c2F)cc1. The van der Waals surface area contributed by atoms with Gasteiger partial charge in [0.2, 0.25) is 0 Å². The minimum Gasteiger partial charge on any atom is -0.468 e. The first-order valence-corrected chi connectivity index (χ1v) is 8.75. The number of halogens is 3. The number of carbonyl (C=O) groups excluding carboxylic acids is 2. The van der Waals surface area contributed by atoms with Crippen LogP contribution in [0.1, 0.15) is 10.4 Å². The first-order valence-electron chi connectivity index (χ1n) is 7.27. The molecule has 144 valence electrons. The molecule has 0 heterocycles. The van der Waals surface area contributed by atoms with Crippen molar-refractivity contribution in [1.29, 1.82) is 0 Å². The summed E-state index contributed by atoms with van der Waals surface area (Å²) < 4.78 is 70.5. The van der Waals surface area contributed by atoms with Crippen LogP contribution in [0.2, 0.25) is 0 Å². The zero-order valence-corrected chi connectivity index (χ0v) is 14.6. The Morgan fingerprint density at radius 1 is 1.00 bits per heavy atom. The van der Waals surface area contributed by atoms with E-state index in [-0.39, 0.29) is 17.8 Å². The molecule has 0 bridgehead atoms. The van der Waals surface area contributed by atoms with Crippen molar-refractivity contribution < 1.29 is 35.9 Å². The van der Waals surface area contributed by atoms with Crippen LogP contribution in [0.25, 0.3) is 0 Å². The second-order valence-electron chi connectivity index (χ2n) is 5.12. The number of benzene rings is 2. The van der Waals surface area contributed by atoms with E-state index in [9.17, 15) is 31.2 Å². The first kappa shape index (κ1) is 20.2. The van der Waals surface area contributed by atoms with Crippen molar-refractivity contribution >= 4 is 27.6 Å². The van der Waals surface area contributed by atoms with E-state index in [1.165, 1.54) is 24.3 Å². The lowest BCUT2D eigenvalue weighted by Crippen LogP contribution is -2.30. The predicted octanol–water partition coefficient (Wildman–Crippen LogP) is 1.81. The lowest BCUT2D eigenvalue weighted by molar-refractivity contribution is -0.139. The highest BCUT2D eigenvalue weighted by atomic mass is 32.2. The Bertz CT molecular complexity index is 978. The van der Waals surface area contributed by atoms with Gasteiger partial charge in [-0.2, -0.15) is 0 Å². The van der Waals surface area contributed by atoms with Crippen LogP contribution in [-0.4, -0.2) is 33.9 Å². The third-order valence-electron chi connectivity index (χ3n) is 3.31. The zero-order chi connectivity index (χ0) is 20.2. The molecular formula is C16H13F3N2O5S. The molecule has 0 aliphatic heterocycles. The number of nitrogens with one attached hydrogen (secondary N) is 2. The van der Waals surface area contributed by atoms with Gasteiger partial charge < -0.3 is 10.1 Å². The van der Waals surface area contributed by atoms with Crippen molar-refractivity contribution in [3.05, 3.63) is 59.4 Å². The summed E-state index contributed by atoms with van der Waals surface area (Å²) in [6, 6.07) is 5.95. The number of rotatable bonds is 6. The third-order valence-corrected chi connectivity index (χ3v) is 4.71. The molecule has 2 aromatic rings. The molecule has 0 spiro atoms. The molecule has 0 aliphatic rings. The minimum absolute atomic E-state index is 0.0522. The van der Waals surface area contributed by atoms with E-state index in [4.69, 9.17) is 0 Å². The fourth-order valence-electron chi connectivity index (χ4n) is 1.94. The largest absolute Gasteiger partial charge is 0.468 e. The molecule has 27 heavy (non-hydrogen) atoms. The van der Waals surface area contributed by atoms with Gasteiger partial charge in [-0.25, -0.2) is 21.6 Å². The number of hydrogen-bond acceptors (Lipinski definition) is 5. The Morgan fingerprint density at radius 3 is 2.22 bits per heavy atom. The fourth-order valence-corrected chi connectivity index (χ4v) is 3.07. The molecule has 0 atom stereocenters. The molecule has 11 heteroatoms. The predicted molar refractivity (Wildman–Crippen MR) is 87.9 cm³/mol. The van der Waals surface area contributed by atoms with Crippen molar-refractivity contribution in [3.63, 3.8) is 0 Å². The lowest BCUT2D eigenvalue weighted by atomic mass is 10.2. The number of anilines is 1. The summed E-state index contributed by atoms with van der Waals surface area (Å²) >= 11 is 0. The molecule has 2 N–H and O–H groups in total. The van der Waals surface area contributed by atoms with Gasteiger partial charge in [-0.1, -0.05) is 0 Å². The molecule has 0 radical (unpaired) electrons. The standard InChI is InChI=1S/C16H13F3N2O5S/c1-26-13(22)8-20-16(23)9-2-4-10(5-3-9)21-27(24,25)12-7-6-11(17)14(18)15(12)19/h2-7,21H,8H2,1H3,(H,20,23). The summed E-state index contributed by atoms with van der Waals surface area (Å²) in [7, 11) is -3.38. The normalized spacial score (nSPS) is 11.0. The van der Waals surface area contributed by atoms with Gasteiger partial charge in [-0.3, -0.25) is 14.3 Å². The maximum Gasteiger partial charge on any atom is 0.325 e. The van der Waals surface area contributed by atoms with Gasteiger partial charge in [0.05, 0.1) is 7.11 Å². The molecule has 0 saturated carbocycles. The van der Waals surface area contributed by atoms with E-state index in [1.807, 2.05) is 4.72 Å². The summed E-state index contributed by atoms with van der Waals surface area (Å²) in [5, 5.41) is 2.28. The van der Waals surface area contributed by atoms with E-state index in [1.54, 1.807) is 0 Å². The number of hydrogen-bond donors (Lipinski definition) is 2. The Hall–Kier alpha value is -3.08. The molecule has 7 nitrogen and oxygen atoms in total. The second-order valence-corrected chi connectivity index (χ2v) is 6.77. The molecule has 0 aliphatic carbocycles. The number of carbonyl (C=O) groups is 2. The average molecular weight is 402 g/mol. The maximum absolute atomic E-state index is 13.7. The van der Waals surface area contributed by atoms with E-state index in [0.29, 0.717) is 12.1 Å². The Balaban J connectivity index is 2.15. The van der Waals surface area contributed by atoms with Gasteiger partial charge in [-0.05, 0) is 36.4 Å². The number of methoxy groups -OCH3 is 1. The number of ether oxygens (including phenoxy) is 1. The topological polar surface area (TPSA) is 102 Å². The van der Waals surface area contributed by atoms with Crippen LogP contribution in [0.3, 0.4) is 0 Å². The molecule has 1 amide bonds. The van der Waals surface area contributed by atoms with E-state index in [0.717, 1.165) is 7.11 Å². The summed E-state index contributed by atoms with van der Waals surface area (Å²) in [5.74, 6) is -6.53. The Morgan fingerprint density at radius 2 is 1.63 bits per heavy atom. The van der Waals surface area contributed by atoms with E-state index < -0.39 is 44.2 Å². The highest BCUT2D eigenvalue weighted by molar-refractivity contribution is 7.92. The molecule has 0 unspecified atom stereocenters. The molecule has 2 rings (SSSR count). The number of esters is 1. The highest BCUT2D eigenvalue weighted by Crippen LogP contribution is 2.22. The van der Waals surface area contributed by atoms with E-state index in [2.05, 4.69) is 10.1 Å². The first-order chi connectivity index (χ1) is 12.7. The summed E-state index contributed by atoms with van der Waals surface area (Å²) in [6.07, 6.45) is 0. The summed E-state index contributed by atoms with van der Waals surface area (Å²) in [6.45, 7) is -0.348. The van der Waals surface area contributed by atoms with Crippen LogP contribution in [-0.2, 0) is 19.6 Å². The van der Waals surface area contributed by atoms with Gasteiger partial charge in [0.25, 0.3) is 15.9 Å². The maximum atomic E-state index is 13.7. The van der Waals surface area contributed by atoms with Crippen molar-refractivity contribution in [1.82, 2.24) is 5.32 Å². The van der Waals surface area contributed by atoms with Crippen molar-refractivity contribution in [2.24, 2.45) is 0 Å². The Labute approximate surface area is 152 Å². The van der Waals surface area contributed by atoms with Gasteiger partial charge in [-0.15, -0.1) is 0 Å².